The first-order valence-corrected chi connectivity index (χ1v) is 12.1. The lowest BCUT2D eigenvalue weighted by Crippen LogP contribution is -2.26. The highest BCUT2D eigenvalue weighted by molar-refractivity contribution is 6.24. The first-order chi connectivity index (χ1) is 17.1. The Morgan fingerprint density at radius 3 is 2.34 bits per heavy atom. The summed E-state index contributed by atoms with van der Waals surface area (Å²) < 4.78 is 14.2. The number of carbonyl (C=O) groups excluding carboxylic acids is 2. The van der Waals surface area contributed by atoms with Gasteiger partial charge in [0.2, 0.25) is 6.41 Å². The Morgan fingerprint density at radius 1 is 1.03 bits per heavy atom. The molecular formula is C29H36FN3O2. The van der Waals surface area contributed by atoms with E-state index in [1.807, 2.05) is 43.5 Å². The zero-order chi connectivity index (χ0) is 25.3. The largest absolute Gasteiger partial charge is 0.359 e. The van der Waals surface area contributed by atoms with Gasteiger partial charge in [0.1, 0.15) is 5.82 Å². The minimum absolute atomic E-state index is 0.217. The molecular weight excluding hydrogens is 441 g/mol. The van der Waals surface area contributed by atoms with Crippen LogP contribution in [-0.2, 0) is 9.59 Å². The average molecular weight is 478 g/mol. The number of unbranched alkanes of at least 4 members (excludes halogenated alkanes) is 2. The molecule has 3 N–H and O–H groups in total. The zero-order valence-corrected chi connectivity index (χ0v) is 20.4. The third-order valence-electron chi connectivity index (χ3n) is 5.32. The highest BCUT2D eigenvalue weighted by Gasteiger charge is 2.26. The third kappa shape index (κ3) is 11.0. The summed E-state index contributed by atoms with van der Waals surface area (Å²) >= 11 is 0. The van der Waals surface area contributed by atoms with Crippen molar-refractivity contribution in [3.05, 3.63) is 89.8 Å². The predicted molar refractivity (Wildman–Crippen MR) is 143 cm³/mol. The maximum absolute atomic E-state index is 14.2. The molecule has 0 unspecified atom stereocenters. The summed E-state index contributed by atoms with van der Waals surface area (Å²) in [4.78, 5) is 22.4. The van der Waals surface area contributed by atoms with Crippen LogP contribution in [0.1, 0.15) is 48.8 Å². The van der Waals surface area contributed by atoms with Gasteiger partial charge in [0.05, 0.1) is 5.57 Å². The fourth-order valence-corrected chi connectivity index (χ4v) is 3.25. The van der Waals surface area contributed by atoms with E-state index in [2.05, 4.69) is 22.5 Å². The van der Waals surface area contributed by atoms with Crippen molar-refractivity contribution in [2.24, 2.45) is 0 Å². The number of allylic oxidation sites excluding steroid dienone is 2. The van der Waals surface area contributed by atoms with E-state index in [9.17, 15) is 14.0 Å². The van der Waals surface area contributed by atoms with E-state index >= 15 is 0 Å². The van der Waals surface area contributed by atoms with E-state index in [0.29, 0.717) is 11.1 Å². The molecule has 0 aromatic heterocycles. The molecule has 1 aliphatic rings. The normalized spacial score (nSPS) is 13.0. The first-order valence-electron chi connectivity index (χ1n) is 12.1. The average Bonchev–Trinajstić information content (AvgIpc) is 3.69. The second kappa shape index (κ2) is 16.2. The number of carbonyl (C=O) groups is 2. The summed E-state index contributed by atoms with van der Waals surface area (Å²) in [5, 5.41) is 8.64. The third-order valence-corrected chi connectivity index (χ3v) is 5.32. The Hall–Kier alpha value is -3.51. The molecule has 3 rings (SSSR count). The molecule has 2 aromatic rings. The van der Waals surface area contributed by atoms with Gasteiger partial charge in [0.25, 0.3) is 5.91 Å². The van der Waals surface area contributed by atoms with Gasteiger partial charge in [0, 0.05) is 18.2 Å². The van der Waals surface area contributed by atoms with Crippen LogP contribution in [0.15, 0.2) is 67.3 Å². The molecule has 2 amide bonds. The Morgan fingerprint density at radius 2 is 1.71 bits per heavy atom. The predicted octanol–water partition coefficient (Wildman–Crippen LogP) is 4.97. The molecule has 0 aliphatic heterocycles. The van der Waals surface area contributed by atoms with Gasteiger partial charge in [-0.1, -0.05) is 73.7 Å². The number of nitrogens with one attached hydrogen (secondary N) is 3. The van der Waals surface area contributed by atoms with Crippen molar-refractivity contribution in [1.29, 1.82) is 0 Å². The van der Waals surface area contributed by atoms with E-state index in [1.165, 1.54) is 18.9 Å². The molecule has 0 saturated heterocycles. The van der Waals surface area contributed by atoms with Crippen LogP contribution in [0, 0.1) is 5.82 Å². The number of hydrogen-bond donors (Lipinski definition) is 3. The van der Waals surface area contributed by atoms with E-state index in [1.54, 1.807) is 30.4 Å². The molecule has 1 fully saturated rings. The van der Waals surface area contributed by atoms with Crippen molar-refractivity contribution in [3.63, 3.8) is 0 Å². The summed E-state index contributed by atoms with van der Waals surface area (Å²) in [6.45, 7) is 5.53. The van der Waals surface area contributed by atoms with Crippen LogP contribution in [0.2, 0.25) is 0 Å². The van der Waals surface area contributed by atoms with Gasteiger partial charge in [-0.3, -0.25) is 9.59 Å². The lowest BCUT2D eigenvalue weighted by Gasteiger charge is -2.10. The molecule has 0 spiro atoms. The molecule has 0 bridgehead atoms. The van der Waals surface area contributed by atoms with Crippen LogP contribution >= 0.6 is 0 Å². The van der Waals surface area contributed by atoms with Crippen molar-refractivity contribution in [3.8, 4) is 0 Å². The summed E-state index contributed by atoms with van der Waals surface area (Å²) in [5.41, 5.74) is 2.54. The molecule has 186 valence electrons. The van der Waals surface area contributed by atoms with Crippen LogP contribution in [0.4, 0.5) is 4.39 Å². The van der Waals surface area contributed by atoms with Crippen LogP contribution in [0.3, 0.4) is 0 Å². The fraction of sp³-hybridized carbons (Fsp3) is 0.310. The Kier molecular flexibility index (Phi) is 12.8. The van der Waals surface area contributed by atoms with E-state index in [-0.39, 0.29) is 11.9 Å². The van der Waals surface area contributed by atoms with E-state index in [4.69, 9.17) is 0 Å². The monoisotopic (exact) mass is 477 g/mol. The fourth-order valence-electron chi connectivity index (χ4n) is 3.25. The highest BCUT2D eigenvalue weighted by atomic mass is 19.1. The SMILES string of the molecule is C=C/C=C/c1ccc(/C=C(/C(=O)NC2CC2)c2ccccc2F)cc1.CNCCCCCNC=O. The smallest absolute Gasteiger partial charge is 0.252 e. The molecule has 35 heavy (non-hydrogen) atoms. The van der Waals surface area contributed by atoms with Crippen LogP contribution in [-0.4, -0.2) is 38.5 Å². The van der Waals surface area contributed by atoms with Gasteiger partial charge in [-0.25, -0.2) is 4.39 Å². The molecule has 2 aromatic carbocycles. The number of rotatable bonds is 13. The van der Waals surface area contributed by atoms with Gasteiger partial charge >= 0.3 is 0 Å². The number of hydrogen-bond acceptors (Lipinski definition) is 3. The van der Waals surface area contributed by atoms with Gasteiger partial charge in [-0.15, -0.1) is 0 Å². The van der Waals surface area contributed by atoms with Crippen molar-refractivity contribution in [2.45, 2.75) is 38.1 Å². The van der Waals surface area contributed by atoms with Crippen molar-refractivity contribution < 1.29 is 14.0 Å². The van der Waals surface area contributed by atoms with Crippen molar-refractivity contribution in [1.82, 2.24) is 16.0 Å². The summed E-state index contributed by atoms with van der Waals surface area (Å²) in [5.74, 6) is -0.631. The molecule has 6 heteroatoms. The minimum Gasteiger partial charge on any atom is -0.359 e. The van der Waals surface area contributed by atoms with E-state index in [0.717, 1.165) is 49.9 Å². The lowest BCUT2D eigenvalue weighted by molar-refractivity contribution is -0.115. The molecule has 0 radical (unpaired) electrons. The Bertz CT molecular complexity index is 995. The Labute approximate surface area is 208 Å². The van der Waals surface area contributed by atoms with Gasteiger partial charge in [-0.2, -0.15) is 0 Å². The van der Waals surface area contributed by atoms with Crippen LogP contribution in [0.5, 0.6) is 0 Å². The second-order valence-electron chi connectivity index (χ2n) is 8.28. The molecule has 5 nitrogen and oxygen atoms in total. The topological polar surface area (TPSA) is 70.2 Å². The van der Waals surface area contributed by atoms with Gasteiger partial charge in [0.15, 0.2) is 0 Å². The van der Waals surface area contributed by atoms with Gasteiger partial charge in [-0.05, 0) is 62.5 Å². The lowest BCUT2D eigenvalue weighted by atomic mass is 10.0. The highest BCUT2D eigenvalue weighted by Crippen LogP contribution is 2.25. The number of halogens is 1. The maximum atomic E-state index is 14.2. The van der Waals surface area contributed by atoms with E-state index < -0.39 is 5.82 Å². The molecule has 1 saturated carbocycles. The Balaban J connectivity index is 0.000000367. The standard InChI is InChI=1S/C22H20FNO.C7H16N2O/c1-2-3-6-16-9-11-17(12-10-16)15-20(22(25)24-18-13-14-18)19-7-4-5-8-21(19)23;1-8-5-3-2-4-6-9-7-10/h2-12,15,18H,1,13-14H2,(H,24,25);7-8H,2-6H2,1H3,(H,9,10)/b6-3+,20-15+;. The van der Waals surface area contributed by atoms with Crippen molar-refractivity contribution in [2.75, 3.05) is 20.1 Å². The van der Waals surface area contributed by atoms with Crippen LogP contribution in [0.25, 0.3) is 17.7 Å². The molecule has 0 heterocycles. The zero-order valence-electron chi connectivity index (χ0n) is 20.4. The maximum Gasteiger partial charge on any atom is 0.252 e. The summed E-state index contributed by atoms with van der Waals surface area (Å²) in [7, 11) is 1.95. The summed E-state index contributed by atoms with van der Waals surface area (Å²) in [6, 6.07) is 14.3. The second-order valence-corrected chi connectivity index (χ2v) is 8.28. The number of amides is 2. The van der Waals surface area contributed by atoms with Crippen LogP contribution < -0.4 is 16.0 Å². The molecule has 0 atom stereocenters. The summed E-state index contributed by atoms with van der Waals surface area (Å²) in [6.07, 6.45) is 13.4. The quantitative estimate of drug-likeness (QED) is 0.125. The molecule has 1 aliphatic carbocycles. The number of benzene rings is 2. The minimum atomic E-state index is -0.398. The van der Waals surface area contributed by atoms with Crippen molar-refractivity contribution >= 4 is 30.0 Å². The van der Waals surface area contributed by atoms with Gasteiger partial charge < -0.3 is 16.0 Å². The first kappa shape index (κ1) is 27.7.